The average Bonchev–Trinajstić information content (AvgIpc) is 2.81. The van der Waals surface area contributed by atoms with E-state index in [0.29, 0.717) is 0 Å². The van der Waals surface area contributed by atoms with Gasteiger partial charge < -0.3 is 4.90 Å². The number of rotatable bonds is 8. The molecule has 0 N–H and O–H groups in total. The number of pyridine rings is 3. The van der Waals surface area contributed by atoms with Gasteiger partial charge in [0, 0.05) is 69.0 Å². The van der Waals surface area contributed by atoms with Crippen LogP contribution in [0.5, 0.6) is 0 Å². The predicted molar refractivity (Wildman–Crippen MR) is 111 cm³/mol. The number of nitrogens with zero attached hydrogens (tertiary/aromatic N) is 5. The molecule has 0 saturated carbocycles. The van der Waals surface area contributed by atoms with Crippen LogP contribution in [0, 0.1) is 20.5 Å². The smallest absolute Gasteiger partial charge is 0.300 e. The number of hydrogen-bond acceptors (Lipinski definition) is 13. The minimum Gasteiger partial charge on any atom is -0.300 e. The third kappa shape index (κ3) is 16.1. The monoisotopic (exact) mass is 634 g/mol. The molecule has 4 rings (SSSR count). The zero-order chi connectivity index (χ0) is 28.2. The summed E-state index contributed by atoms with van der Waals surface area (Å²) in [6, 6.07) is 18.4. The zero-order valence-corrected chi connectivity index (χ0v) is 23.2. The third-order valence-corrected chi connectivity index (χ3v) is 5.38. The van der Waals surface area contributed by atoms with Gasteiger partial charge >= 0.3 is 17.1 Å². The fourth-order valence-corrected chi connectivity index (χ4v) is 3.92. The molecule has 0 aromatic carbocycles. The molecule has 16 heteroatoms. The van der Waals surface area contributed by atoms with Crippen molar-refractivity contribution in [1.82, 2.24) is 24.8 Å². The van der Waals surface area contributed by atoms with E-state index in [1.165, 1.54) is 5.69 Å². The normalized spacial score (nSPS) is 14.6. The van der Waals surface area contributed by atoms with Crippen molar-refractivity contribution in [2.75, 3.05) is 26.2 Å². The standard InChI is InChI=1S/C23H27N5.2ClHO4.Cu/c1-23(22-10-4-7-13-26-22)18-28(19-23)15-14-27(16-20-8-2-5-11-24-20)17-21-9-3-6-12-25-21;2*2-1(3,4)5;/h2-13H,14-19H2,1H3;2*(H,2,3,4,5);/q;;;+2/p-2. The predicted octanol–water partition coefficient (Wildman–Crippen LogP) is -6.37. The molecule has 0 unspecified atom stereocenters. The molecule has 217 valence electrons. The van der Waals surface area contributed by atoms with E-state index >= 15 is 0 Å². The van der Waals surface area contributed by atoms with Gasteiger partial charge in [0.25, 0.3) is 0 Å². The molecule has 1 fully saturated rings. The van der Waals surface area contributed by atoms with Gasteiger partial charge in [0.05, 0.1) is 11.4 Å². The third-order valence-electron chi connectivity index (χ3n) is 5.38. The summed E-state index contributed by atoms with van der Waals surface area (Å²) in [4.78, 5) is 18.5. The minimum atomic E-state index is -4.94. The molecule has 39 heavy (non-hydrogen) atoms. The summed E-state index contributed by atoms with van der Waals surface area (Å²) in [5.74, 6) is 0. The van der Waals surface area contributed by atoms with Crippen molar-refractivity contribution in [3.05, 3.63) is 90.3 Å². The van der Waals surface area contributed by atoms with Crippen LogP contribution in [-0.2, 0) is 35.6 Å². The summed E-state index contributed by atoms with van der Waals surface area (Å²) in [5.41, 5.74) is 3.57. The Morgan fingerprint density at radius 3 is 1.49 bits per heavy atom. The van der Waals surface area contributed by atoms with Crippen molar-refractivity contribution >= 4 is 0 Å². The average molecular weight is 636 g/mol. The van der Waals surface area contributed by atoms with E-state index in [4.69, 9.17) is 37.3 Å². The van der Waals surface area contributed by atoms with Gasteiger partial charge in [0.1, 0.15) is 0 Å². The van der Waals surface area contributed by atoms with Crippen molar-refractivity contribution in [2.45, 2.75) is 25.4 Å². The van der Waals surface area contributed by atoms with Crippen LogP contribution < -0.4 is 37.3 Å². The Morgan fingerprint density at radius 1 is 0.718 bits per heavy atom. The molecule has 3 aromatic heterocycles. The number of hydrogen-bond donors (Lipinski definition) is 0. The van der Waals surface area contributed by atoms with Gasteiger partial charge in [0.2, 0.25) is 0 Å². The van der Waals surface area contributed by atoms with Crippen molar-refractivity contribution in [1.29, 1.82) is 0 Å². The number of halogens is 2. The molecule has 3 aromatic rings. The van der Waals surface area contributed by atoms with Crippen LogP contribution in [0.3, 0.4) is 0 Å². The SMILES string of the molecule is CC1(c2ccccn2)CN(CCN(Cc2ccccn2)Cc2ccccn2)C1.[Cu+2].[O-][Cl+3]([O-])([O-])[O-].[O-][Cl+3]([O-])([O-])[O-]. The first-order valence-electron chi connectivity index (χ1n) is 11.1. The van der Waals surface area contributed by atoms with E-state index < -0.39 is 20.5 Å². The van der Waals surface area contributed by atoms with Crippen LogP contribution in [0.25, 0.3) is 0 Å². The van der Waals surface area contributed by atoms with E-state index in [1.807, 2.05) is 36.8 Å². The Bertz CT molecular complexity index is 995. The van der Waals surface area contributed by atoms with Crippen LogP contribution in [0.4, 0.5) is 0 Å². The maximum Gasteiger partial charge on any atom is 2.00 e. The van der Waals surface area contributed by atoms with Crippen molar-refractivity contribution in [2.24, 2.45) is 0 Å². The summed E-state index contributed by atoms with van der Waals surface area (Å²) < 4.78 is 67.9. The van der Waals surface area contributed by atoms with Crippen molar-refractivity contribution in [3.63, 3.8) is 0 Å². The largest absolute Gasteiger partial charge is 2.00 e. The zero-order valence-electron chi connectivity index (χ0n) is 20.7. The Morgan fingerprint density at radius 2 is 1.13 bits per heavy atom. The van der Waals surface area contributed by atoms with E-state index in [1.54, 1.807) is 0 Å². The Labute approximate surface area is 241 Å². The summed E-state index contributed by atoms with van der Waals surface area (Å²) in [7, 11) is -9.89. The van der Waals surface area contributed by atoms with Gasteiger partial charge in [-0.1, -0.05) is 25.1 Å². The second-order valence-corrected chi connectivity index (χ2v) is 10.1. The van der Waals surface area contributed by atoms with E-state index in [2.05, 4.69) is 68.1 Å². The summed E-state index contributed by atoms with van der Waals surface area (Å²) in [6.07, 6.45) is 5.62. The first-order valence-corrected chi connectivity index (χ1v) is 13.6. The van der Waals surface area contributed by atoms with E-state index in [9.17, 15) is 0 Å². The molecule has 1 radical (unpaired) electrons. The van der Waals surface area contributed by atoms with Crippen LogP contribution in [0.1, 0.15) is 24.0 Å². The van der Waals surface area contributed by atoms with Crippen LogP contribution in [0.15, 0.2) is 73.2 Å². The molecule has 0 aliphatic carbocycles. The maximum atomic E-state index is 8.49. The summed E-state index contributed by atoms with van der Waals surface area (Å²) in [6.45, 7) is 8.14. The Hall–Kier alpha value is -1.85. The van der Waals surface area contributed by atoms with Crippen molar-refractivity contribution < 1.29 is 74.8 Å². The van der Waals surface area contributed by atoms with Gasteiger partial charge in [-0.05, 0) is 36.4 Å². The molecule has 1 aliphatic heterocycles. The van der Waals surface area contributed by atoms with Gasteiger partial charge in [0.15, 0.2) is 0 Å². The molecular formula is C23H27Cl2CuN5O8. The Kier molecular flexibility index (Phi) is 14.8. The first kappa shape index (κ1) is 35.2. The molecule has 0 atom stereocenters. The second kappa shape index (κ2) is 16.4. The first-order chi connectivity index (χ1) is 17.7. The van der Waals surface area contributed by atoms with E-state index in [0.717, 1.165) is 50.7 Å². The second-order valence-electron chi connectivity index (χ2n) is 8.60. The topological polar surface area (TPSA) is 230 Å². The number of likely N-dealkylation sites (tertiary alicyclic amines) is 1. The molecule has 0 amide bonds. The van der Waals surface area contributed by atoms with Crippen molar-refractivity contribution in [3.8, 4) is 0 Å². The van der Waals surface area contributed by atoms with Gasteiger partial charge in [-0.25, -0.2) is 37.3 Å². The minimum absolute atomic E-state index is 0. The molecule has 1 aliphatic rings. The summed E-state index contributed by atoms with van der Waals surface area (Å²) in [5, 5.41) is 0. The molecule has 13 nitrogen and oxygen atoms in total. The fourth-order valence-electron chi connectivity index (χ4n) is 3.92. The Balaban J connectivity index is 0.000000595. The van der Waals surface area contributed by atoms with Crippen LogP contribution in [-0.4, -0.2) is 50.9 Å². The van der Waals surface area contributed by atoms with E-state index in [-0.39, 0.29) is 22.5 Å². The molecular weight excluding hydrogens is 609 g/mol. The van der Waals surface area contributed by atoms with Crippen LogP contribution >= 0.6 is 0 Å². The molecule has 0 spiro atoms. The summed E-state index contributed by atoms with van der Waals surface area (Å²) >= 11 is 0. The molecule has 1 saturated heterocycles. The molecule has 0 bridgehead atoms. The quantitative estimate of drug-likeness (QED) is 0.210. The maximum absolute atomic E-state index is 8.49. The van der Waals surface area contributed by atoms with Gasteiger partial charge in [-0.3, -0.25) is 19.9 Å². The van der Waals surface area contributed by atoms with Gasteiger partial charge in [-0.2, -0.15) is 0 Å². The van der Waals surface area contributed by atoms with Crippen LogP contribution in [0.2, 0.25) is 0 Å². The number of aromatic nitrogens is 3. The fraction of sp³-hybridized carbons (Fsp3) is 0.348. The molecule has 4 heterocycles. The van der Waals surface area contributed by atoms with Gasteiger partial charge in [-0.15, -0.1) is 20.5 Å².